The van der Waals surface area contributed by atoms with Gasteiger partial charge in [-0.05, 0) is 6.85 Å². The zero-order valence-electron chi connectivity index (χ0n) is 8.81. The third-order valence-electron chi connectivity index (χ3n) is 0.307. The number of halogens is 1. The van der Waals surface area contributed by atoms with Crippen LogP contribution in [0.25, 0.3) is 0 Å². The Morgan fingerprint density at radius 1 is 2.00 bits per heavy atom. The SMILES string of the molecule is [2H]C([2H])([2H])C([2H])([2H])OC(=O)OCCl. The maximum absolute atomic E-state index is 10.5. The van der Waals surface area contributed by atoms with E-state index in [9.17, 15) is 4.79 Å². The second-order valence-electron chi connectivity index (χ2n) is 0.708. The highest BCUT2D eigenvalue weighted by molar-refractivity contribution is 6.17. The van der Waals surface area contributed by atoms with Crippen LogP contribution in [-0.2, 0) is 9.47 Å². The van der Waals surface area contributed by atoms with Gasteiger partial charge < -0.3 is 9.47 Å². The van der Waals surface area contributed by atoms with Crippen LogP contribution in [0.4, 0.5) is 4.79 Å². The molecule has 0 aromatic rings. The zero-order chi connectivity index (χ0) is 10.7. The maximum atomic E-state index is 10.5. The van der Waals surface area contributed by atoms with E-state index in [4.69, 9.17) is 18.5 Å². The molecule has 0 radical (unpaired) electrons. The van der Waals surface area contributed by atoms with Crippen LogP contribution in [0.3, 0.4) is 0 Å². The van der Waals surface area contributed by atoms with Crippen LogP contribution in [0, 0.1) is 0 Å². The van der Waals surface area contributed by atoms with E-state index >= 15 is 0 Å². The monoisotopic (exact) mass is 143 g/mol. The van der Waals surface area contributed by atoms with Crippen molar-refractivity contribution in [1.82, 2.24) is 0 Å². The fourth-order valence-corrected chi connectivity index (χ4v) is 0.205. The van der Waals surface area contributed by atoms with Crippen molar-refractivity contribution < 1.29 is 21.1 Å². The van der Waals surface area contributed by atoms with Crippen molar-refractivity contribution in [2.45, 2.75) is 6.85 Å². The molecule has 0 bridgehead atoms. The van der Waals surface area contributed by atoms with Crippen molar-refractivity contribution in [3.05, 3.63) is 0 Å². The fourth-order valence-electron chi connectivity index (χ4n) is 0.116. The first-order valence-corrected chi connectivity index (χ1v) is 2.16. The third kappa shape index (κ3) is 3.74. The minimum Gasteiger partial charge on any atom is -0.435 e. The van der Waals surface area contributed by atoms with E-state index in [1.165, 1.54) is 0 Å². The van der Waals surface area contributed by atoms with Crippen LogP contribution < -0.4 is 0 Å². The molecule has 0 aliphatic rings. The van der Waals surface area contributed by atoms with Gasteiger partial charge in [-0.2, -0.15) is 0 Å². The molecule has 0 spiro atoms. The van der Waals surface area contributed by atoms with Crippen molar-refractivity contribution in [1.29, 1.82) is 0 Å². The van der Waals surface area contributed by atoms with Gasteiger partial charge in [0, 0.05) is 4.11 Å². The lowest BCUT2D eigenvalue weighted by atomic mass is 10.9. The van der Waals surface area contributed by atoms with Crippen LogP contribution in [0.2, 0.25) is 0 Å². The topological polar surface area (TPSA) is 35.5 Å². The van der Waals surface area contributed by atoms with Gasteiger partial charge in [0.1, 0.15) is 0 Å². The Bertz CT molecular complexity index is 191. The summed E-state index contributed by atoms with van der Waals surface area (Å²) in [5.41, 5.74) is 0. The summed E-state index contributed by atoms with van der Waals surface area (Å²) in [6.07, 6.45) is -1.46. The van der Waals surface area contributed by atoms with Crippen molar-refractivity contribution in [2.75, 3.05) is 12.6 Å². The largest absolute Gasteiger partial charge is 0.509 e. The number of rotatable bonds is 2. The van der Waals surface area contributed by atoms with Gasteiger partial charge in [0.15, 0.2) is 6.07 Å². The average molecular weight is 144 g/mol. The van der Waals surface area contributed by atoms with E-state index < -0.39 is 25.6 Å². The van der Waals surface area contributed by atoms with Crippen molar-refractivity contribution >= 4 is 17.8 Å². The summed E-state index contributed by atoms with van der Waals surface area (Å²) in [5, 5.41) is 0. The summed E-state index contributed by atoms with van der Waals surface area (Å²) >= 11 is 4.95. The molecular formula is C4H7ClO3. The van der Waals surface area contributed by atoms with E-state index in [2.05, 4.69) is 9.47 Å². The van der Waals surface area contributed by atoms with Crippen LogP contribution in [0.1, 0.15) is 13.7 Å². The molecule has 0 amide bonds. The Kier molecular flexibility index (Phi) is 1.43. The van der Waals surface area contributed by atoms with E-state index in [1.807, 2.05) is 0 Å². The van der Waals surface area contributed by atoms with Gasteiger partial charge in [-0.3, -0.25) is 0 Å². The smallest absolute Gasteiger partial charge is 0.435 e. The van der Waals surface area contributed by atoms with Crippen LogP contribution in [0.15, 0.2) is 0 Å². The molecule has 0 atom stereocenters. The summed E-state index contributed by atoms with van der Waals surface area (Å²) in [4.78, 5) is 10.5. The standard InChI is InChI=1S/C4H7ClO3/c1-2-7-4(6)8-3-5/h2-3H2,1H3/i1D3,2D2. The molecule has 3 nitrogen and oxygen atoms in total. The molecule has 0 aromatic heterocycles. The first-order chi connectivity index (χ1) is 5.70. The third-order valence-corrected chi connectivity index (χ3v) is 0.416. The van der Waals surface area contributed by atoms with E-state index in [1.54, 1.807) is 0 Å². The Morgan fingerprint density at radius 3 is 3.25 bits per heavy atom. The number of hydrogen-bond donors (Lipinski definition) is 0. The summed E-state index contributed by atoms with van der Waals surface area (Å²) in [6.45, 7) is -6.13. The minimum absolute atomic E-state index is 0.532. The number of ether oxygens (including phenoxy) is 2. The van der Waals surface area contributed by atoms with Gasteiger partial charge in [0.05, 0.1) is 9.30 Å². The van der Waals surface area contributed by atoms with Crippen LogP contribution >= 0.6 is 11.6 Å². The number of carbonyl (C=O) groups is 1. The Hall–Kier alpha value is -0.440. The molecule has 0 saturated heterocycles. The first-order valence-electron chi connectivity index (χ1n) is 4.12. The second-order valence-corrected chi connectivity index (χ2v) is 0.926. The van der Waals surface area contributed by atoms with Crippen molar-refractivity contribution in [2.24, 2.45) is 0 Å². The average Bonchev–Trinajstić information content (AvgIpc) is 1.83. The summed E-state index contributed by atoms with van der Waals surface area (Å²) in [6, 6.07) is -0.532. The van der Waals surface area contributed by atoms with Crippen LogP contribution in [0.5, 0.6) is 0 Å². The Morgan fingerprint density at radius 2 is 2.75 bits per heavy atom. The van der Waals surface area contributed by atoms with Gasteiger partial charge in [-0.25, -0.2) is 4.79 Å². The van der Waals surface area contributed by atoms with E-state index in [-0.39, 0.29) is 0 Å². The van der Waals surface area contributed by atoms with E-state index in [0.717, 1.165) is 0 Å². The molecule has 0 aliphatic heterocycles. The minimum atomic E-state index is -3.07. The summed E-state index contributed by atoms with van der Waals surface area (Å²) in [5.74, 6) is 0. The molecular weight excluding hydrogens is 131 g/mol. The lowest BCUT2D eigenvalue weighted by molar-refractivity contribution is 0.0720. The zero-order valence-corrected chi connectivity index (χ0v) is 4.57. The molecule has 0 aromatic carbocycles. The molecule has 0 unspecified atom stereocenters. The van der Waals surface area contributed by atoms with Crippen molar-refractivity contribution in [3.63, 3.8) is 0 Å². The lowest BCUT2D eigenvalue weighted by Gasteiger charge is -1.97. The van der Waals surface area contributed by atoms with E-state index in [0.29, 0.717) is 0 Å². The Balaban J connectivity index is 4.26. The highest BCUT2D eigenvalue weighted by Gasteiger charge is 1.96. The quantitative estimate of drug-likeness (QED) is 0.433. The molecule has 4 heteroatoms. The van der Waals surface area contributed by atoms with Crippen LogP contribution in [-0.4, -0.2) is 18.8 Å². The highest BCUT2D eigenvalue weighted by Crippen LogP contribution is 1.85. The highest BCUT2D eigenvalue weighted by atomic mass is 35.5. The lowest BCUT2D eigenvalue weighted by Crippen LogP contribution is -2.04. The Labute approximate surface area is 59.6 Å². The molecule has 0 heterocycles. The number of hydrogen-bond acceptors (Lipinski definition) is 3. The van der Waals surface area contributed by atoms with Crippen molar-refractivity contribution in [3.8, 4) is 0 Å². The van der Waals surface area contributed by atoms with Gasteiger partial charge in [0.2, 0.25) is 0 Å². The van der Waals surface area contributed by atoms with Gasteiger partial charge in [0.25, 0.3) is 0 Å². The molecule has 48 valence electrons. The van der Waals surface area contributed by atoms with Gasteiger partial charge in [-0.15, -0.1) is 0 Å². The predicted octanol–water partition coefficient (Wildman–Crippen LogP) is 1.36. The molecule has 0 fully saturated rings. The molecule has 0 rings (SSSR count). The molecule has 0 saturated carbocycles. The van der Waals surface area contributed by atoms with Gasteiger partial charge >= 0.3 is 6.16 Å². The first kappa shape index (κ1) is 2.43. The molecule has 0 aliphatic carbocycles. The second kappa shape index (κ2) is 4.71. The van der Waals surface area contributed by atoms with Gasteiger partial charge in [-0.1, -0.05) is 11.6 Å². The summed E-state index contributed by atoms with van der Waals surface area (Å²) in [7, 11) is 0. The maximum Gasteiger partial charge on any atom is 0.509 e. The predicted molar refractivity (Wildman–Crippen MR) is 28.8 cm³/mol. The fraction of sp³-hybridized carbons (Fsp3) is 0.750. The summed E-state index contributed by atoms with van der Waals surface area (Å²) < 4.78 is 41.5. The molecule has 8 heavy (non-hydrogen) atoms. The normalized spacial score (nSPS) is 20.9. The molecule has 0 N–H and O–H groups in total. The number of alkyl halides is 1. The number of carbonyl (C=O) groups excluding carboxylic acids is 1.